The second kappa shape index (κ2) is 4.90. The van der Waals surface area contributed by atoms with Crippen molar-refractivity contribution in [2.24, 2.45) is 0 Å². The topological polar surface area (TPSA) is 55.4 Å². The Bertz CT molecular complexity index is 385. The molecule has 1 saturated heterocycles. The van der Waals surface area contributed by atoms with E-state index in [1.165, 1.54) is 0 Å². The van der Waals surface area contributed by atoms with Crippen molar-refractivity contribution in [3.8, 4) is 0 Å². The number of rotatable bonds is 4. The number of hydrogen-bond acceptors (Lipinski definition) is 4. The van der Waals surface area contributed by atoms with Crippen LogP contribution in [0.3, 0.4) is 0 Å². The van der Waals surface area contributed by atoms with Gasteiger partial charge in [0.25, 0.3) is 5.78 Å². The lowest BCUT2D eigenvalue weighted by atomic mass is 10.0. The van der Waals surface area contributed by atoms with E-state index in [0.29, 0.717) is 0 Å². The summed E-state index contributed by atoms with van der Waals surface area (Å²) in [6, 6.07) is 8.97. The molecule has 1 N–H and O–H groups in total. The number of carbonyl (C=O) groups is 2. The van der Waals surface area contributed by atoms with Crippen LogP contribution < -0.4 is 5.32 Å². The molecule has 0 saturated carbocycles. The minimum atomic E-state index is -0.749. The lowest BCUT2D eigenvalue weighted by molar-refractivity contribution is -0.156. The molecule has 1 atom stereocenters. The van der Waals surface area contributed by atoms with Gasteiger partial charge in [-0.05, 0) is 18.5 Å². The molecule has 4 heteroatoms. The highest BCUT2D eigenvalue weighted by Crippen LogP contribution is 2.06. The van der Waals surface area contributed by atoms with Crippen LogP contribution in [-0.4, -0.2) is 24.3 Å². The summed E-state index contributed by atoms with van der Waals surface area (Å²) in [6.07, 6.45) is 0.721. The Morgan fingerprint density at radius 2 is 2.00 bits per heavy atom. The fraction of sp³-hybridized carbons (Fsp3) is 0.333. The molecule has 1 aromatic rings. The molecule has 16 heavy (non-hydrogen) atoms. The van der Waals surface area contributed by atoms with E-state index in [4.69, 9.17) is 4.74 Å². The number of ether oxygens (including phenoxy) is 1. The van der Waals surface area contributed by atoms with Gasteiger partial charge in [-0.15, -0.1) is 0 Å². The van der Waals surface area contributed by atoms with Crippen molar-refractivity contribution in [1.29, 1.82) is 0 Å². The summed E-state index contributed by atoms with van der Waals surface area (Å²) in [7, 11) is 0. The molecule has 84 valence electrons. The first-order chi connectivity index (χ1) is 7.77. The highest BCUT2D eigenvalue weighted by molar-refractivity contribution is 6.35. The average molecular weight is 219 g/mol. The number of benzene rings is 1. The third kappa shape index (κ3) is 2.46. The zero-order chi connectivity index (χ0) is 11.4. The Morgan fingerprint density at radius 3 is 2.56 bits per heavy atom. The molecule has 2 rings (SSSR count). The number of Topliss-reactive ketones (excluding diaryl/α,β-unsaturated/α-hetero) is 1. The fourth-order valence-corrected chi connectivity index (χ4v) is 1.45. The number of esters is 1. The van der Waals surface area contributed by atoms with E-state index in [1.807, 2.05) is 30.3 Å². The molecule has 0 spiro atoms. The van der Waals surface area contributed by atoms with Crippen LogP contribution in [0, 0.1) is 0 Å². The quantitative estimate of drug-likeness (QED) is 0.597. The lowest BCUT2D eigenvalue weighted by Crippen LogP contribution is -2.51. The van der Waals surface area contributed by atoms with Gasteiger partial charge in [0.2, 0.25) is 0 Å². The molecule has 0 bridgehead atoms. The molecule has 0 aliphatic carbocycles. The van der Waals surface area contributed by atoms with E-state index in [2.05, 4.69) is 5.32 Å². The van der Waals surface area contributed by atoms with Crippen molar-refractivity contribution < 1.29 is 14.3 Å². The molecule has 0 aromatic heterocycles. The summed E-state index contributed by atoms with van der Waals surface area (Å²) < 4.78 is 4.92. The second-order valence-electron chi connectivity index (χ2n) is 3.72. The fourth-order valence-electron chi connectivity index (χ4n) is 1.45. The molecule has 1 heterocycles. The Morgan fingerprint density at radius 1 is 1.31 bits per heavy atom. The highest BCUT2D eigenvalue weighted by atomic mass is 16.5. The Hall–Kier alpha value is -1.68. The molecule has 4 nitrogen and oxygen atoms in total. The number of carbonyl (C=O) groups excluding carboxylic acids is 2. The van der Waals surface area contributed by atoms with Gasteiger partial charge in [0.05, 0.1) is 6.04 Å². The van der Waals surface area contributed by atoms with Gasteiger partial charge in [-0.2, -0.15) is 0 Å². The van der Waals surface area contributed by atoms with Crippen LogP contribution in [-0.2, 0) is 20.9 Å². The maximum Gasteiger partial charge on any atom is 0.376 e. The van der Waals surface area contributed by atoms with Crippen molar-refractivity contribution in [3.63, 3.8) is 0 Å². The molecule has 1 fully saturated rings. The normalized spacial score (nSPS) is 18.6. The van der Waals surface area contributed by atoms with Crippen molar-refractivity contribution in [2.75, 3.05) is 6.54 Å². The van der Waals surface area contributed by atoms with Gasteiger partial charge in [0.1, 0.15) is 6.61 Å². The third-order valence-corrected chi connectivity index (χ3v) is 2.55. The van der Waals surface area contributed by atoms with E-state index in [9.17, 15) is 9.59 Å². The van der Waals surface area contributed by atoms with E-state index < -0.39 is 11.8 Å². The number of nitrogens with one attached hydrogen (secondary N) is 1. The SMILES string of the molecule is O=C(OCc1ccccc1)C(=O)[C@@H]1CCN1. The highest BCUT2D eigenvalue weighted by Gasteiger charge is 2.30. The zero-order valence-electron chi connectivity index (χ0n) is 8.81. The molecule has 1 aliphatic rings. The van der Waals surface area contributed by atoms with Gasteiger partial charge in [-0.25, -0.2) is 4.79 Å². The van der Waals surface area contributed by atoms with Crippen LogP contribution in [0.5, 0.6) is 0 Å². The molecule has 0 radical (unpaired) electrons. The minimum Gasteiger partial charge on any atom is -0.455 e. The second-order valence-corrected chi connectivity index (χ2v) is 3.72. The Labute approximate surface area is 93.6 Å². The maximum absolute atomic E-state index is 11.4. The van der Waals surface area contributed by atoms with E-state index in [-0.39, 0.29) is 12.6 Å². The number of hydrogen-bond donors (Lipinski definition) is 1. The smallest absolute Gasteiger partial charge is 0.376 e. The first-order valence-corrected chi connectivity index (χ1v) is 5.25. The van der Waals surface area contributed by atoms with Crippen molar-refractivity contribution in [2.45, 2.75) is 19.1 Å². The number of ketones is 1. The standard InChI is InChI=1S/C12H13NO3/c14-11(10-6-7-13-10)12(15)16-8-9-4-2-1-3-5-9/h1-5,10,13H,6-8H2/t10-/m0/s1. The first-order valence-electron chi connectivity index (χ1n) is 5.25. The Kier molecular flexibility index (Phi) is 3.31. The van der Waals surface area contributed by atoms with Crippen LogP contribution in [0.25, 0.3) is 0 Å². The van der Waals surface area contributed by atoms with Gasteiger partial charge in [0, 0.05) is 0 Å². The molecular weight excluding hydrogens is 206 g/mol. The maximum atomic E-state index is 11.4. The Balaban J connectivity index is 1.81. The third-order valence-electron chi connectivity index (χ3n) is 2.55. The van der Waals surface area contributed by atoms with Gasteiger partial charge in [-0.1, -0.05) is 30.3 Å². The van der Waals surface area contributed by atoms with Crippen LogP contribution in [0.2, 0.25) is 0 Å². The van der Waals surface area contributed by atoms with Crippen LogP contribution in [0.1, 0.15) is 12.0 Å². The first kappa shape index (κ1) is 10.8. The van der Waals surface area contributed by atoms with E-state index in [0.717, 1.165) is 18.5 Å². The largest absolute Gasteiger partial charge is 0.455 e. The van der Waals surface area contributed by atoms with Crippen molar-refractivity contribution in [3.05, 3.63) is 35.9 Å². The summed E-state index contributed by atoms with van der Waals surface area (Å²) in [4.78, 5) is 22.7. The predicted molar refractivity (Wildman–Crippen MR) is 57.7 cm³/mol. The van der Waals surface area contributed by atoms with Gasteiger partial charge < -0.3 is 10.1 Å². The van der Waals surface area contributed by atoms with Crippen molar-refractivity contribution >= 4 is 11.8 Å². The van der Waals surface area contributed by atoms with Gasteiger partial charge >= 0.3 is 5.97 Å². The summed E-state index contributed by atoms with van der Waals surface area (Å²) in [6.45, 7) is 0.945. The van der Waals surface area contributed by atoms with E-state index >= 15 is 0 Å². The molecule has 1 aliphatic heterocycles. The molecule has 0 unspecified atom stereocenters. The van der Waals surface area contributed by atoms with E-state index in [1.54, 1.807) is 0 Å². The predicted octanol–water partition coefficient (Wildman–Crippen LogP) is 0.661. The average Bonchev–Trinajstić information content (AvgIpc) is 2.25. The summed E-state index contributed by atoms with van der Waals surface area (Å²) in [5.41, 5.74) is 0.880. The summed E-state index contributed by atoms with van der Waals surface area (Å²) >= 11 is 0. The van der Waals surface area contributed by atoms with Crippen LogP contribution in [0.15, 0.2) is 30.3 Å². The van der Waals surface area contributed by atoms with Crippen molar-refractivity contribution in [1.82, 2.24) is 5.32 Å². The summed E-state index contributed by atoms with van der Waals surface area (Å²) in [5.74, 6) is -1.22. The monoisotopic (exact) mass is 219 g/mol. The van der Waals surface area contributed by atoms with Gasteiger partial charge in [0.15, 0.2) is 0 Å². The zero-order valence-corrected chi connectivity index (χ0v) is 8.81. The van der Waals surface area contributed by atoms with Crippen LogP contribution >= 0.6 is 0 Å². The van der Waals surface area contributed by atoms with Crippen LogP contribution in [0.4, 0.5) is 0 Å². The minimum absolute atomic E-state index is 0.151. The molecular formula is C12H13NO3. The molecule has 0 amide bonds. The summed E-state index contributed by atoms with van der Waals surface area (Å²) in [5, 5.41) is 2.87. The molecule has 1 aromatic carbocycles. The lowest BCUT2D eigenvalue weighted by Gasteiger charge is -2.24. The van der Waals surface area contributed by atoms with Gasteiger partial charge in [-0.3, -0.25) is 4.79 Å².